The molecule has 0 amide bonds. The first-order chi connectivity index (χ1) is 4.81. The predicted octanol–water partition coefficient (Wildman–Crippen LogP) is 3.13. The minimum atomic E-state index is 0. The molecule has 0 aromatic carbocycles. The van der Waals surface area contributed by atoms with Crippen molar-refractivity contribution in [3.8, 4) is 0 Å². The summed E-state index contributed by atoms with van der Waals surface area (Å²) in [7, 11) is 0. The molecule has 0 saturated carbocycles. The molecule has 0 saturated heterocycles. The fraction of sp³-hybridized carbons (Fsp3) is 0.667. The summed E-state index contributed by atoms with van der Waals surface area (Å²) in [5.41, 5.74) is 0. The van der Waals surface area contributed by atoms with Crippen LogP contribution in [0.15, 0.2) is 12.2 Å². The van der Waals surface area contributed by atoms with Crippen LogP contribution in [0.4, 0.5) is 0 Å². The third kappa shape index (κ3) is 9.70. The van der Waals surface area contributed by atoms with Crippen LogP contribution in [0.1, 0.15) is 39.5 Å². The fourth-order valence-corrected chi connectivity index (χ4v) is 0.818. The van der Waals surface area contributed by atoms with E-state index in [0.29, 0.717) is 0 Å². The number of halogens is 1. The zero-order valence-corrected chi connectivity index (χ0v) is 8.12. The van der Waals surface area contributed by atoms with E-state index >= 15 is 0 Å². The highest BCUT2D eigenvalue weighted by molar-refractivity contribution is 5.89. The minimum absolute atomic E-state index is 0. The fourth-order valence-electron chi connectivity index (χ4n) is 0.818. The molecule has 66 valence electrons. The van der Waals surface area contributed by atoms with Gasteiger partial charge in [0.25, 0.3) is 0 Å². The average molecular weight is 177 g/mol. The van der Waals surface area contributed by atoms with Crippen LogP contribution in [0, 0.1) is 0 Å². The van der Waals surface area contributed by atoms with Crippen molar-refractivity contribution in [3.63, 3.8) is 0 Å². The number of rotatable bonds is 5. The normalized spacial score (nSPS) is 9.64. The highest BCUT2D eigenvalue weighted by atomic mass is 35.5. The lowest BCUT2D eigenvalue weighted by molar-refractivity contribution is -0.114. The highest BCUT2D eigenvalue weighted by Gasteiger charge is 1.93. The zero-order chi connectivity index (χ0) is 7.82. The molecule has 0 aliphatic rings. The Bertz CT molecular complexity index is 119. The molecule has 1 nitrogen and oxygen atoms in total. The second-order valence-corrected chi connectivity index (χ2v) is 2.42. The molecular weight excluding hydrogens is 160 g/mol. The van der Waals surface area contributed by atoms with E-state index in [1.807, 2.05) is 6.92 Å². The maximum atomic E-state index is 10.8. The maximum absolute atomic E-state index is 10.8. The van der Waals surface area contributed by atoms with Crippen LogP contribution in [0.5, 0.6) is 0 Å². The molecule has 2 heteroatoms. The van der Waals surface area contributed by atoms with Gasteiger partial charge in [-0.2, -0.15) is 0 Å². The van der Waals surface area contributed by atoms with Crippen molar-refractivity contribution < 1.29 is 4.79 Å². The number of allylic oxidation sites excluding steroid dienone is 2. The summed E-state index contributed by atoms with van der Waals surface area (Å²) in [5, 5.41) is 0. The van der Waals surface area contributed by atoms with Crippen molar-refractivity contribution >= 4 is 18.2 Å². The molecule has 0 unspecified atom stereocenters. The number of carbonyl (C=O) groups excluding carboxylic acids is 1. The van der Waals surface area contributed by atoms with Crippen molar-refractivity contribution in [2.45, 2.75) is 39.5 Å². The molecule has 0 atom stereocenters. The molecule has 0 radical (unpaired) electrons. The van der Waals surface area contributed by atoms with Crippen LogP contribution in [-0.2, 0) is 4.79 Å². The average Bonchev–Trinajstić information content (AvgIpc) is 1.89. The van der Waals surface area contributed by atoms with Crippen molar-refractivity contribution in [1.82, 2.24) is 0 Å². The second kappa shape index (κ2) is 9.70. The molecule has 0 heterocycles. The highest BCUT2D eigenvalue weighted by Crippen LogP contribution is 1.99. The number of carbonyl (C=O) groups is 1. The lowest BCUT2D eigenvalue weighted by atomic mass is 10.1. The van der Waals surface area contributed by atoms with E-state index in [4.69, 9.17) is 0 Å². The van der Waals surface area contributed by atoms with Gasteiger partial charge in [-0.3, -0.25) is 4.79 Å². The minimum Gasteiger partial charge on any atom is -0.295 e. The number of hydrogen-bond donors (Lipinski definition) is 0. The van der Waals surface area contributed by atoms with Gasteiger partial charge in [0.2, 0.25) is 0 Å². The van der Waals surface area contributed by atoms with Crippen LogP contribution in [-0.4, -0.2) is 5.78 Å². The Kier molecular flexibility index (Phi) is 11.7. The number of hydrogen-bond acceptors (Lipinski definition) is 1. The summed E-state index contributed by atoms with van der Waals surface area (Å²) in [6, 6.07) is 0. The molecule has 0 rings (SSSR count). The third-order valence-electron chi connectivity index (χ3n) is 1.38. The van der Waals surface area contributed by atoms with Crippen LogP contribution >= 0.6 is 12.4 Å². The first-order valence-electron chi connectivity index (χ1n) is 3.96. The van der Waals surface area contributed by atoms with Gasteiger partial charge in [0, 0.05) is 6.42 Å². The second-order valence-electron chi connectivity index (χ2n) is 2.42. The summed E-state index contributed by atoms with van der Waals surface area (Å²) in [6.07, 6.45) is 7.56. The quantitative estimate of drug-likeness (QED) is 0.465. The summed E-state index contributed by atoms with van der Waals surface area (Å²) in [6.45, 7) is 4.01. The molecule has 0 aromatic heterocycles. The van der Waals surface area contributed by atoms with Gasteiger partial charge in [-0.05, 0) is 19.4 Å². The Morgan fingerprint density at radius 3 is 2.45 bits per heavy atom. The van der Waals surface area contributed by atoms with Gasteiger partial charge in [-0.25, -0.2) is 0 Å². The van der Waals surface area contributed by atoms with Gasteiger partial charge in [0.05, 0.1) is 0 Å². The zero-order valence-electron chi connectivity index (χ0n) is 7.30. The van der Waals surface area contributed by atoms with Gasteiger partial charge < -0.3 is 0 Å². The van der Waals surface area contributed by atoms with E-state index in [9.17, 15) is 4.79 Å². The molecule has 0 aromatic rings. The molecule has 0 aliphatic heterocycles. The van der Waals surface area contributed by atoms with Gasteiger partial charge in [-0.1, -0.05) is 25.8 Å². The van der Waals surface area contributed by atoms with Gasteiger partial charge in [-0.15, -0.1) is 12.4 Å². The van der Waals surface area contributed by atoms with Crippen LogP contribution in [0.3, 0.4) is 0 Å². The molecule has 0 bridgehead atoms. The SMILES string of the molecule is C/C=C/C(=O)CCCCC.Cl. The first-order valence-corrected chi connectivity index (χ1v) is 3.96. The van der Waals surface area contributed by atoms with E-state index in [1.165, 1.54) is 12.8 Å². The van der Waals surface area contributed by atoms with Crippen LogP contribution in [0.2, 0.25) is 0 Å². The number of unbranched alkanes of at least 4 members (excludes halogenated alkanes) is 2. The van der Waals surface area contributed by atoms with Crippen molar-refractivity contribution in [2.75, 3.05) is 0 Å². The Morgan fingerprint density at radius 2 is 2.00 bits per heavy atom. The Balaban J connectivity index is 0. The van der Waals surface area contributed by atoms with Crippen LogP contribution < -0.4 is 0 Å². The van der Waals surface area contributed by atoms with E-state index in [2.05, 4.69) is 6.92 Å². The van der Waals surface area contributed by atoms with E-state index in [1.54, 1.807) is 12.2 Å². The number of ketones is 1. The van der Waals surface area contributed by atoms with Crippen molar-refractivity contribution in [2.24, 2.45) is 0 Å². The molecule has 11 heavy (non-hydrogen) atoms. The first kappa shape index (κ1) is 13.3. The standard InChI is InChI=1S/C9H16O.ClH/c1-3-5-6-8-9(10)7-4-2;/h4,7H,3,5-6,8H2,1-2H3;1H/b7-4+;. The summed E-state index contributed by atoms with van der Waals surface area (Å²) < 4.78 is 0. The maximum Gasteiger partial charge on any atom is 0.155 e. The lowest BCUT2D eigenvalue weighted by Gasteiger charge is -1.92. The third-order valence-corrected chi connectivity index (χ3v) is 1.38. The topological polar surface area (TPSA) is 17.1 Å². The van der Waals surface area contributed by atoms with E-state index < -0.39 is 0 Å². The molecular formula is C9H17ClO. The van der Waals surface area contributed by atoms with Gasteiger partial charge >= 0.3 is 0 Å². The van der Waals surface area contributed by atoms with E-state index in [0.717, 1.165) is 12.8 Å². The molecule has 0 fully saturated rings. The lowest BCUT2D eigenvalue weighted by Crippen LogP contribution is -1.90. The largest absolute Gasteiger partial charge is 0.295 e. The predicted molar refractivity (Wildman–Crippen MR) is 51.2 cm³/mol. The van der Waals surface area contributed by atoms with Crippen molar-refractivity contribution in [3.05, 3.63) is 12.2 Å². The Morgan fingerprint density at radius 1 is 1.36 bits per heavy atom. The Hall–Kier alpha value is -0.300. The van der Waals surface area contributed by atoms with Crippen molar-refractivity contribution in [1.29, 1.82) is 0 Å². The van der Waals surface area contributed by atoms with Crippen LogP contribution in [0.25, 0.3) is 0 Å². The smallest absolute Gasteiger partial charge is 0.155 e. The summed E-state index contributed by atoms with van der Waals surface area (Å²) >= 11 is 0. The Labute approximate surface area is 75.3 Å². The summed E-state index contributed by atoms with van der Waals surface area (Å²) in [5.74, 6) is 0.260. The van der Waals surface area contributed by atoms with Gasteiger partial charge in [0.1, 0.15) is 0 Å². The summed E-state index contributed by atoms with van der Waals surface area (Å²) in [4.78, 5) is 10.8. The molecule has 0 spiro atoms. The molecule has 0 N–H and O–H groups in total. The monoisotopic (exact) mass is 176 g/mol. The van der Waals surface area contributed by atoms with Gasteiger partial charge in [0.15, 0.2) is 5.78 Å². The molecule has 0 aliphatic carbocycles. The van der Waals surface area contributed by atoms with E-state index in [-0.39, 0.29) is 18.2 Å².